The van der Waals surface area contributed by atoms with Crippen molar-refractivity contribution in [1.29, 1.82) is 0 Å². The first-order valence-corrected chi connectivity index (χ1v) is 11.6. The molecule has 7 nitrogen and oxygen atoms in total. The normalized spacial score (nSPS) is 10.9. The Bertz CT molecular complexity index is 1050. The van der Waals surface area contributed by atoms with Crippen molar-refractivity contribution in [1.82, 2.24) is 14.8 Å². The number of rotatable bonds is 9. The van der Waals surface area contributed by atoms with Crippen LogP contribution in [-0.4, -0.2) is 45.0 Å². The summed E-state index contributed by atoms with van der Waals surface area (Å²) < 4.78 is 7.15. The van der Waals surface area contributed by atoms with Gasteiger partial charge in [0, 0.05) is 28.9 Å². The first kappa shape index (κ1) is 23.8. The van der Waals surface area contributed by atoms with Gasteiger partial charge in [0.25, 0.3) is 5.91 Å². The van der Waals surface area contributed by atoms with Crippen LogP contribution >= 0.6 is 23.4 Å². The van der Waals surface area contributed by atoms with Gasteiger partial charge in [0.1, 0.15) is 0 Å². The molecule has 0 saturated heterocycles. The van der Waals surface area contributed by atoms with Gasteiger partial charge in [-0.05, 0) is 57.2 Å². The summed E-state index contributed by atoms with van der Waals surface area (Å²) >= 11 is 7.19. The van der Waals surface area contributed by atoms with Gasteiger partial charge in [-0.3, -0.25) is 9.59 Å². The van der Waals surface area contributed by atoms with E-state index in [0.29, 0.717) is 22.5 Å². The van der Waals surface area contributed by atoms with E-state index < -0.39 is 5.97 Å². The van der Waals surface area contributed by atoms with Crippen LogP contribution in [0.3, 0.4) is 0 Å². The van der Waals surface area contributed by atoms with Gasteiger partial charge in [-0.15, -0.1) is 10.2 Å². The van der Waals surface area contributed by atoms with Crippen LogP contribution in [0.2, 0.25) is 5.02 Å². The van der Waals surface area contributed by atoms with Crippen LogP contribution < -0.4 is 4.90 Å². The molecule has 3 rings (SSSR count). The lowest BCUT2D eigenvalue weighted by Crippen LogP contribution is -2.40. The molecule has 1 aromatic heterocycles. The van der Waals surface area contributed by atoms with Crippen LogP contribution in [-0.2, 0) is 20.9 Å². The number of esters is 1. The van der Waals surface area contributed by atoms with Crippen LogP contribution in [0.15, 0.2) is 59.8 Å². The van der Waals surface area contributed by atoms with Crippen molar-refractivity contribution in [2.24, 2.45) is 0 Å². The summed E-state index contributed by atoms with van der Waals surface area (Å²) in [5.74, 6) is -0.0326. The molecule has 3 aromatic rings. The third-order valence-electron chi connectivity index (χ3n) is 4.63. The zero-order chi connectivity index (χ0) is 23.1. The molecule has 1 amide bonds. The summed E-state index contributed by atoms with van der Waals surface area (Å²) in [5, 5.41) is 9.71. The van der Waals surface area contributed by atoms with Crippen LogP contribution in [0, 0.1) is 0 Å². The third kappa shape index (κ3) is 5.89. The molecule has 9 heteroatoms. The summed E-state index contributed by atoms with van der Waals surface area (Å²) in [6, 6.07) is 16.6. The van der Waals surface area contributed by atoms with Crippen LogP contribution in [0.4, 0.5) is 5.69 Å². The SMILES string of the molecule is CCn1c(SCC(=O)OCC(=O)N(c2ccccc2)C(C)C)nnc1-c1ccc(Cl)cc1. The van der Waals surface area contributed by atoms with Gasteiger partial charge in [-0.25, -0.2) is 0 Å². The number of benzene rings is 2. The molecule has 0 spiro atoms. The molecule has 0 N–H and O–H groups in total. The highest BCUT2D eigenvalue weighted by Gasteiger charge is 2.21. The maximum Gasteiger partial charge on any atom is 0.316 e. The molecule has 0 aliphatic carbocycles. The van der Waals surface area contributed by atoms with Crippen LogP contribution in [0.25, 0.3) is 11.4 Å². The minimum atomic E-state index is -0.487. The fraction of sp³-hybridized carbons (Fsp3) is 0.304. The summed E-state index contributed by atoms with van der Waals surface area (Å²) in [6.45, 7) is 6.13. The summed E-state index contributed by atoms with van der Waals surface area (Å²) in [4.78, 5) is 26.5. The van der Waals surface area contributed by atoms with Crippen molar-refractivity contribution in [3.8, 4) is 11.4 Å². The lowest BCUT2D eigenvalue weighted by molar-refractivity contribution is -0.145. The molecular weight excluding hydrogens is 448 g/mol. The molecule has 0 fully saturated rings. The molecule has 0 aliphatic heterocycles. The van der Waals surface area contributed by atoms with E-state index in [9.17, 15) is 9.59 Å². The van der Waals surface area contributed by atoms with Crippen LogP contribution in [0.5, 0.6) is 0 Å². The number of hydrogen-bond acceptors (Lipinski definition) is 6. The van der Waals surface area contributed by atoms with Crippen molar-refractivity contribution in [2.75, 3.05) is 17.3 Å². The minimum absolute atomic E-state index is 0.0268. The summed E-state index contributed by atoms with van der Waals surface area (Å²) in [6.07, 6.45) is 0. The zero-order valence-electron chi connectivity index (χ0n) is 18.2. The Hall–Kier alpha value is -2.84. The third-order valence-corrected chi connectivity index (χ3v) is 5.82. The van der Waals surface area contributed by atoms with Gasteiger partial charge in [-0.2, -0.15) is 0 Å². The molecule has 2 aromatic carbocycles. The number of thioether (sulfide) groups is 1. The number of aromatic nitrogens is 3. The molecule has 1 heterocycles. The Balaban J connectivity index is 1.58. The van der Waals surface area contributed by atoms with Gasteiger partial charge < -0.3 is 14.2 Å². The number of halogens is 1. The smallest absolute Gasteiger partial charge is 0.316 e. The molecular formula is C23H25ClN4O3S. The topological polar surface area (TPSA) is 77.3 Å². The number of carbonyl (C=O) groups excluding carboxylic acids is 2. The number of amides is 1. The van der Waals surface area contributed by atoms with E-state index >= 15 is 0 Å². The van der Waals surface area contributed by atoms with Crippen LogP contribution in [0.1, 0.15) is 20.8 Å². The molecule has 0 radical (unpaired) electrons. The van der Waals surface area contributed by atoms with E-state index in [-0.39, 0.29) is 24.3 Å². The maximum absolute atomic E-state index is 12.7. The largest absolute Gasteiger partial charge is 0.455 e. The lowest BCUT2D eigenvalue weighted by Gasteiger charge is -2.26. The number of para-hydroxylation sites is 1. The van der Waals surface area contributed by atoms with Gasteiger partial charge >= 0.3 is 5.97 Å². The Morgan fingerprint density at radius 3 is 2.41 bits per heavy atom. The first-order valence-electron chi connectivity index (χ1n) is 10.2. The van der Waals surface area contributed by atoms with Crippen molar-refractivity contribution >= 4 is 40.9 Å². The second kappa shape index (κ2) is 11.2. The van der Waals surface area contributed by atoms with E-state index in [1.165, 1.54) is 11.8 Å². The average molecular weight is 473 g/mol. The molecule has 32 heavy (non-hydrogen) atoms. The number of anilines is 1. The highest BCUT2D eigenvalue weighted by molar-refractivity contribution is 7.99. The standard InChI is InChI=1S/C23H25ClN4O3S/c1-4-27-22(17-10-12-18(24)13-11-17)25-26-23(27)32-15-21(30)31-14-20(29)28(16(2)3)19-8-6-5-7-9-19/h5-13,16H,4,14-15H2,1-3H3. The fourth-order valence-corrected chi connectivity index (χ4v) is 4.11. The molecule has 0 saturated carbocycles. The van der Waals surface area contributed by atoms with Gasteiger partial charge in [0.05, 0.1) is 5.75 Å². The predicted octanol–water partition coefficient (Wildman–Crippen LogP) is 4.70. The monoisotopic (exact) mass is 472 g/mol. The maximum atomic E-state index is 12.7. The quantitative estimate of drug-likeness (QED) is 0.332. The van der Waals surface area contributed by atoms with Crippen molar-refractivity contribution < 1.29 is 14.3 Å². The molecule has 0 aliphatic rings. The highest BCUT2D eigenvalue weighted by atomic mass is 35.5. The fourth-order valence-electron chi connectivity index (χ4n) is 3.19. The Morgan fingerprint density at radius 1 is 1.09 bits per heavy atom. The Kier molecular flexibility index (Phi) is 8.30. The lowest BCUT2D eigenvalue weighted by atomic mass is 10.2. The zero-order valence-corrected chi connectivity index (χ0v) is 19.8. The Morgan fingerprint density at radius 2 is 1.78 bits per heavy atom. The summed E-state index contributed by atoms with van der Waals surface area (Å²) in [7, 11) is 0. The second-order valence-electron chi connectivity index (χ2n) is 7.20. The van der Waals surface area contributed by atoms with E-state index in [1.54, 1.807) is 17.0 Å². The Labute approximate surface area is 196 Å². The number of carbonyl (C=O) groups is 2. The summed E-state index contributed by atoms with van der Waals surface area (Å²) in [5.41, 5.74) is 1.65. The van der Waals surface area contributed by atoms with Crippen molar-refractivity contribution in [2.45, 2.75) is 38.5 Å². The number of nitrogens with zero attached hydrogens (tertiary/aromatic N) is 4. The second-order valence-corrected chi connectivity index (χ2v) is 8.58. The van der Waals surface area contributed by atoms with Gasteiger partial charge in [0.2, 0.25) is 0 Å². The molecule has 0 bridgehead atoms. The van der Waals surface area contributed by atoms with E-state index in [2.05, 4.69) is 10.2 Å². The van der Waals surface area contributed by atoms with Crippen molar-refractivity contribution in [3.63, 3.8) is 0 Å². The highest BCUT2D eigenvalue weighted by Crippen LogP contribution is 2.25. The van der Waals surface area contributed by atoms with E-state index in [0.717, 1.165) is 11.3 Å². The predicted molar refractivity (Wildman–Crippen MR) is 127 cm³/mol. The number of ether oxygens (including phenoxy) is 1. The van der Waals surface area contributed by atoms with Gasteiger partial charge in [-0.1, -0.05) is 41.6 Å². The number of hydrogen-bond donors (Lipinski definition) is 0. The molecule has 0 unspecified atom stereocenters. The first-order chi connectivity index (χ1) is 15.4. The molecule has 0 atom stereocenters. The minimum Gasteiger partial charge on any atom is -0.455 e. The van der Waals surface area contributed by atoms with Gasteiger partial charge in [0.15, 0.2) is 17.6 Å². The van der Waals surface area contributed by atoms with Crippen molar-refractivity contribution in [3.05, 3.63) is 59.6 Å². The average Bonchev–Trinajstić information content (AvgIpc) is 3.20. The van der Waals surface area contributed by atoms with E-state index in [1.807, 2.05) is 67.8 Å². The van der Waals surface area contributed by atoms with E-state index in [4.69, 9.17) is 16.3 Å². The molecule has 168 valence electrons.